The van der Waals surface area contributed by atoms with Gasteiger partial charge in [-0.15, -0.1) is 0 Å². The Hall–Kier alpha value is -2.78. The minimum absolute atomic E-state index is 0.287. The molecular weight excluding hydrogens is 359 g/mol. The molecule has 0 aliphatic carbocycles. The zero-order valence-corrected chi connectivity index (χ0v) is 15.2. The van der Waals surface area contributed by atoms with E-state index in [2.05, 4.69) is 0 Å². The molecule has 4 aromatic carbocycles. The lowest BCUT2D eigenvalue weighted by atomic mass is 9.96. The van der Waals surface area contributed by atoms with Gasteiger partial charge in [-0.1, -0.05) is 78.9 Å². The highest BCUT2D eigenvalue weighted by Crippen LogP contribution is 2.54. The number of hydrogen-bond acceptors (Lipinski definition) is 2. The van der Waals surface area contributed by atoms with E-state index >= 15 is 0 Å². The summed E-state index contributed by atoms with van der Waals surface area (Å²) in [4.78, 5) is 33.2. The van der Waals surface area contributed by atoms with E-state index in [4.69, 9.17) is 0 Å². The van der Waals surface area contributed by atoms with Gasteiger partial charge in [0.25, 0.3) is 0 Å². The summed E-state index contributed by atoms with van der Waals surface area (Å²) in [6.45, 7) is 0. The second-order valence-corrected chi connectivity index (χ2v) is 8.18. The van der Waals surface area contributed by atoms with Crippen molar-refractivity contribution in [1.29, 1.82) is 0 Å². The van der Waals surface area contributed by atoms with Crippen LogP contribution in [0.3, 0.4) is 0 Å². The molecule has 5 heteroatoms. The van der Waals surface area contributed by atoms with E-state index in [1.165, 1.54) is 0 Å². The van der Waals surface area contributed by atoms with Gasteiger partial charge in [0.2, 0.25) is 0 Å². The fraction of sp³-hybridized carbons (Fsp3) is 0.0455. The van der Waals surface area contributed by atoms with Crippen molar-refractivity contribution in [3.05, 3.63) is 96.1 Å². The Morgan fingerprint density at radius 2 is 1.37 bits per heavy atom. The first kappa shape index (κ1) is 17.6. The summed E-state index contributed by atoms with van der Waals surface area (Å²) < 4.78 is 12.3. The highest BCUT2D eigenvalue weighted by molar-refractivity contribution is 7.53. The zero-order chi connectivity index (χ0) is 19.0. The first-order valence-corrected chi connectivity index (χ1v) is 10.2. The average Bonchev–Trinajstić information content (AvgIpc) is 2.67. The van der Waals surface area contributed by atoms with Crippen molar-refractivity contribution in [2.24, 2.45) is 0 Å². The van der Waals surface area contributed by atoms with Gasteiger partial charge in [-0.25, -0.2) is 0 Å². The molecule has 0 saturated heterocycles. The van der Waals surface area contributed by atoms with Gasteiger partial charge in [0.05, 0.1) is 0 Å². The van der Waals surface area contributed by atoms with E-state index in [9.17, 15) is 19.1 Å². The van der Waals surface area contributed by atoms with E-state index in [0.717, 1.165) is 16.2 Å². The predicted molar refractivity (Wildman–Crippen MR) is 107 cm³/mol. The summed E-state index contributed by atoms with van der Waals surface area (Å²) >= 11 is 0. The number of fused-ring (bicyclic) bond motifs is 2. The second-order valence-electron chi connectivity index (χ2n) is 6.49. The predicted octanol–water partition coefficient (Wildman–Crippen LogP) is 5.09. The fourth-order valence-corrected chi connectivity index (χ4v) is 4.51. The summed E-state index contributed by atoms with van der Waals surface area (Å²) in [5.74, 6) is -0.578. The maximum absolute atomic E-state index is 13.2. The van der Waals surface area contributed by atoms with Crippen molar-refractivity contribution >= 4 is 34.9 Å². The van der Waals surface area contributed by atoms with Crippen LogP contribution in [0, 0.1) is 0 Å². The van der Waals surface area contributed by atoms with Crippen LogP contribution < -0.4 is 0 Å². The van der Waals surface area contributed by atoms with Crippen molar-refractivity contribution in [2.75, 3.05) is 0 Å². The van der Waals surface area contributed by atoms with Crippen molar-refractivity contribution in [3.63, 3.8) is 0 Å². The molecule has 0 saturated carbocycles. The number of carbonyl (C=O) groups excluding carboxylic acids is 1. The molecule has 0 unspecified atom stereocenters. The van der Waals surface area contributed by atoms with Gasteiger partial charge in [0.1, 0.15) is 5.66 Å². The number of carbonyl (C=O) groups is 1. The molecular formula is C22H17O4P. The van der Waals surface area contributed by atoms with E-state index in [1.807, 2.05) is 42.5 Å². The van der Waals surface area contributed by atoms with Crippen LogP contribution >= 0.6 is 7.60 Å². The van der Waals surface area contributed by atoms with Crippen LogP contribution in [-0.2, 0) is 4.57 Å². The van der Waals surface area contributed by atoms with E-state index in [1.54, 1.807) is 42.5 Å². The van der Waals surface area contributed by atoms with Gasteiger partial charge < -0.3 is 9.79 Å². The normalized spacial score (nSPS) is 13.0. The molecule has 0 bridgehead atoms. The van der Waals surface area contributed by atoms with Crippen molar-refractivity contribution < 1.29 is 19.1 Å². The topological polar surface area (TPSA) is 74.6 Å². The van der Waals surface area contributed by atoms with Gasteiger partial charge in [-0.3, -0.25) is 9.36 Å². The number of benzene rings is 4. The second kappa shape index (κ2) is 6.75. The average molecular weight is 376 g/mol. The van der Waals surface area contributed by atoms with Crippen LogP contribution in [0.5, 0.6) is 0 Å². The fourth-order valence-electron chi connectivity index (χ4n) is 3.46. The molecule has 0 aromatic heterocycles. The highest BCUT2D eigenvalue weighted by Gasteiger charge is 2.38. The summed E-state index contributed by atoms with van der Waals surface area (Å²) in [6, 6.07) is 25.1. The van der Waals surface area contributed by atoms with Crippen LogP contribution in [0.4, 0.5) is 0 Å². The molecule has 4 aromatic rings. The minimum Gasteiger partial charge on any atom is -0.324 e. The molecule has 0 heterocycles. The molecule has 27 heavy (non-hydrogen) atoms. The van der Waals surface area contributed by atoms with Crippen molar-refractivity contribution in [3.8, 4) is 0 Å². The first-order chi connectivity index (χ1) is 12.9. The smallest absolute Gasteiger partial charge is 0.324 e. The van der Waals surface area contributed by atoms with Gasteiger partial charge in [0.15, 0.2) is 5.78 Å². The number of Topliss-reactive ketones (excluding diaryl/α,β-unsaturated/α-hetero) is 1. The van der Waals surface area contributed by atoms with Crippen LogP contribution in [0.2, 0.25) is 0 Å². The van der Waals surface area contributed by atoms with Crippen molar-refractivity contribution in [1.82, 2.24) is 0 Å². The Bertz CT molecular complexity index is 1200. The largest absolute Gasteiger partial charge is 0.340 e. The standard InChI is InChI=1S/C22H17O4P/c23-21(18-13-12-15-6-1-2-8-17(15)14-18)22(27(24,25)26)20-11-5-9-16-7-3-4-10-19(16)20/h1-14,22H,(H2,24,25,26)/t22-/m1/s1. The molecule has 0 radical (unpaired) electrons. The zero-order valence-electron chi connectivity index (χ0n) is 14.3. The lowest BCUT2D eigenvalue weighted by Gasteiger charge is -2.20. The number of hydrogen-bond donors (Lipinski definition) is 2. The molecule has 0 spiro atoms. The summed E-state index contributed by atoms with van der Waals surface area (Å²) in [6.07, 6.45) is 0. The van der Waals surface area contributed by atoms with Gasteiger partial charge in [-0.05, 0) is 33.2 Å². The Kier molecular flexibility index (Phi) is 4.40. The molecule has 0 aliphatic rings. The Labute approximate surface area is 156 Å². The monoisotopic (exact) mass is 376 g/mol. The lowest BCUT2D eigenvalue weighted by molar-refractivity contribution is 0.0978. The number of ketones is 1. The molecule has 134 valence electrons. The molecule has 0 fully saturated rings. The summed E-state index contributed by atoms with van der Waals surface area (Å²) in [5, 5.41) is 3.32. The first-order valence-electron chi connectivity index (χ1n) is 8.51. The van der Waals surface area contributed by atoms with Gasteiger partial charge >= 0.3 is 7.60 Å². The molecule has 0 aliphatic heterocycles. The molecule has 1 atom stereocenters. The van der Waals surface area contributed by atoms with Crippen molar-refractivity contribution in [2.45, 2.75) is 5.66 Å². The molecule has 0 amide bonds. The SMILES string of the molecule is O=C(c1ccc2ccccc2c1)[C@@H](c1cccc2ccccc12)P(=O)(O)O. The third-order valence-electron chi connectivity index (χ3n) is 4.74. The summed E-state index contributed by atoms with van der Waals surface area (Å²) in [7, 11) is -4.73. The van der Waals surface area contributed by atoms with Gasteiger partial charge in [-0.2, -0.15) is 0 Å². The molecule has 4 nitrogen and oxygen atoms in total. The molecule has 2 N–H and O–H groups in total. The van der Waals surface area contributed by atoms with E-state index in [-0.39, 0.29) is 5.56 Å². The van der Waals surface area contributed by atoms with E-state index in [0.29, 0.717) is 10.9 Å². The quantitative estimate of drug-likeness (QED) is 0.384. The number of rotatable bonds is 4. The molecule has 4 rings (SSSR count). The Balaban J connectivity index is 1.89. The van der Waals surface area contributed by atoms with Crippen LogP contribution in [0.25, 0.3) is 21.5 Å². The van der Waals surface area contributed by atoms with Crippen LogP contribution in [0.1, 0.15) is 21.6 Å². The maximum Gasteiger partial charge on any atom is 0.340 e. The Morgan fingerprint density at radius 3 is 2.11 bits per heavy atom. The highest BCUT2D eigenvalue weighted by atomic mass is 31.2. The third-order valence-corrected chi connectivity index (χ3v) is 5.92. The van der Waals surface area contributed by atoms with Crippen LogP contribution in [0.15, 0.2) is 84.9 Å². The van der Waals surface area contributed by atoms with Gasteiger partial charge in [0, 0.05) is 5.56 Å². The maximum atomic E-state index is 13.2. The van der Waals surface area contributed by atoms with Crippen LogP contribution in [-0.4, -0.2) is 15.6 Å². The third kappa shape index (κ3) is 3.31. The lowest BCUT2D eigenvalue weighted by Crippen LogP contribution is -2.14. The van der Waals surface area contributed by atoms with E-state index < -0.39 is 19.0 Å². The Morgan fingerprint density at radius 1 is 0.741 bits per heavy atom. The minimum atomic E-state index is -4.73. The summed E-state index contributed by atoms with van der Waals surface area (Å²) in [5.41, 5.74) is -0.903.